The molecule has 5 aromatic rings. The fourth-order valence-electron chi connectivity index (χ4n) is 5.34. The first-order chi connectivity index (χ1) is 19.4. The molecule has 0 radical (unpaired) electrons. The van der Waals surface area contributed by atoms with Crippen molar-refractivity contribution >= 4 is 33.8 Å². The fraction of sp³-hybridized carbons (Fsp3) is 0.242. The summed E-state index contributed by atoms with van der Waals surface area (Å²) in [6.07, 6.45) is 7.13. The summed E-state index contributed by atoms with van der Waals surface area (Å²) in [7, 11) is 0. The number of pyridine rings is 1. The molecular formula is C33H32N4O3. The van der Waals surface area contributed by atoms with Gasteiger partial charge >= 0.3 is 0 Å². The summed E-state index contributed by atoms with van der Waals surface area (Å²) in [5, 5.41) is 5.19. The largest absolute Gasteiger partial charge is 0.478 e. The quantitative estimate of drug-likeness (QED) is 0.278. The molecule has 6 rings (SSSR count). The number of nitrogens with zero attached hydrogens (tertiary/aromatic N) is 3. The molecule has 0 bridgehead atoms. The van der Waals surface area contributed by atoms with Crippen molar-refractivity contribution in [2.45, 2.75) is 38.2 Å². The van der Waals surface area contributed by atoms with Crippen LogP contribution in [0.25, 0.3) is 16.3 Å². The van der Waals surface area contributed by atoms with E-state index in [2.05, 4.69) is 22.4 Å². The number of rotatable bonds is 6. The van der Waals surface area contributed by atoms with E-state index in [1.165, 1.54) is 5.56 Å². The van der Waals surface area contributed by atoms with Crippen LogP contribution in [0.4, 0.5) is 5.69 Å². The Balaban J connectivity index is 1.04. The zero-order chi connectivity index (χ0) is 27.7. The lowest BCUT2D eigenvalue weighted by atomic mass is 9.89. The van der Waals surface area contributed by atoms with Gasteiger partial charge in [0.15, 0.2) is 5.60 Å². The molecule has 1 aliphatic rings. The number of hydrogen-bond acceptors (Lipinski definition) is 4. The molecule has 1 fully saturated rings. The van der Waals surface area contributed by atoms with Crippen LogP contribution in [-0.2, 0) is 4.79 Å². The second-order valence-corrected chi connectivity index (χ2v) is 10.9. The summed E-state index contributed by atoms with van der Waals surface area (Å²) < 4.78 is 7.96. The maximum atomic E-state index is 13.1. The molecule has 0 aliphatic carbocycles. The molecule has 2 amide bonds. The third-order valence-electron chi connectivity index (χ3n) is 7.72. The molecule has 1 N–H and O–H groups in total. The third kappa shape index (κ3) is 5.27. The third-order valence-corrected chi connectivity index (χ3v) is 7.72. The van der Waals surface area contributed by atoms with Gasteiger partial charge in [0.05, 0.1) is 23.6 Å². The number of benzene rings is 3. The molecule has 3 aromatic carbocycles. The highest BCUT2D eigenvalue weighted by Gasteiger charge is 2.30. The van der Waals surface area contributed by atoms with Gasteiger partial charge in [0.25, 0.3) is 11.8 Å². The number of nitrogens with one attached hydrogen (secondary N) is 1. The Morgan fingerprint density at radius 2 is 1.68 bits per heavy atom. The summed E-state index contributed by atoms with van der Waals surface area (Å²) in [6, 6.07) is 25.7. The van der Waals surface area contributed by atoms with E-state index in [9.17, 15) is 9.59 Å². The molecule has 0 spiro atoms. The van der Waals surface area contributed by atoms with Crippen molar-refractivity contribution in [3.05, 3.63) is 109 Å². The number of anilines is 1. The molecule has 0 saturated carbocycles. The zero-order valence-corrected chi connectivity index (χ0v) is 22.7. The van der Waals surface area contributed by atoms with Crippen LogP contribution in [-0.4, -0.2) is 44.8 Å². The minimum atomic E-state index is -1.05. The van der Waals surface area contributed by atoms with E-state index in [1.54, 1.807) is 26.4 Å². The molecule has 40 heavy (non-hydrogen) atoms. The normalized spacial score (nSPS) is 14.4. The van der Waals surface area contributed by atoms with Gasteiger partial charge in [-0.1, -0.05) is 42.5 Å². The van der Waals surface area contributed by atoms with Crippen molar-refractivity contribution in [3.63, 3.8) is 0 Å². The molecule has 2 aromatic heterocycles. The van der Waals surface area contributed by atoms with Crippen LogP contribution in [0.15, 0.2) is 97.6 Å². The smallest absolute Gasteiger partial charge is 0.267 e. The first-order valence-corrected chi connectivity index (χ1v) is 13.7. The number of carbonyl (C=O) groups is 2. The monoisotopic (exact) mass is 532 g/mol. The lowest BCUT2D eigenvalue weighted by Crippen LogP contribution is -2.42. The first kappa shape index (κ1) is 25.6. The number of piperidine rings is 1. The number of carbonyl (C=O) groups excluding carboxylic acids is 2. The topological polar surface area (TPSA) is 75.9 Å². The standard InChI is InChI=1S/C33H32N4O3/c1-33(2,40-30-14-10-23-5-3-4-6-26(23)19-30)32(39)35-28-11-7-24(8-12-28)25-15-17-36(18-16-25)31(38)27-9-13-29-20-34-22-37(29)21-27/h3-14,19-22,25H,15-18H2,1-2H3,(H,35,39). The number of imidazole rings is 1. The zero-order valence-electron chi connectivity index (χ0n) is 22.7. The van der Waals surface area contributed by atoms with Crippen molar-refractivity contribution in [2.24, 2.45) is 0 Å². The van der Waals surface area contributed by atoms with Crippen LogP contribution in [0, 0.1) is 0 Å². The van der Waals surface area contributed by atoms with Gasteiger partial charge in [-0.05, 0) is 85.3 Å². The van der Waals surface area contributed by atoms with Crippen LogP contribution in [0.1, 0.15) is 48.5 Å². The van der Waals surface area contributed by atoms with E-state index >= 15 is 0 Å². The minimum Gasteiger partial charge on any atom is -0.478 e. The number of fused-ring (bicyclic) bond motifs is 2. The molecule has 1 aliphatic heterocycles. The van der Waals surface area contributed by atoms with Gasteiger partial charge in [-0.25, -0.2) is 4.98 Å². The Labute approximate surface area is 233 Å². The number of amides is 2. The van der Waals surface area contributed by atoms with Crippen molar-refractivity contribution < 1.29 is 14.3 Å². The lowest BCUT2D eigenvalue weighted by Gasteiger charge is -2.32. The molecule has 0 atom stereocenters. The van der Waals surface area contributed by atoms with Gasteiger partial charge in [0.2, 0.25) is 0 Å². The number of hydrogen-bond donors (Lipinski definition) is 1. The fourth-order valence-corrected chi connectivity index (χ4v) is 5.34. The summed E-state index contributed by atoms with van der Waals surface area (Å²) >= 11 is 0. The predicted octanol–water partition coefficient (Wildman–Crippen LogP) is 6.30. The number of ether oxygens (including phenoxy) is 1. The summed E-state index contributed by atoms with van der Waals surface area (Å²) in [6.45, 7) is 4.97. The molecule has 1 saturated heterocycles. The Morgan fingerprint density at radius 1 is 0.925 bits per heavy atom. The van der Waals surface area contributed by atoms with E-state index < -0.39 is 5.60 Å². The van der Waals surface area contributed by atoms with E-state index in [0.717, 1.165) is 34.8 Å². The Bertz CT molecular complexity index is 1680. The van der Waals surface area contributed by atoms with Gasteiger partial charge < -0.3 is 19.4 Å². The summed E-state index contributed by atoms with van der Waals surface area (Å²) in [5.74, 6) is 0.869. The lowest BCUT2D eigenvalue weighted by molar-refractivity contribution is -0.128. The van der Waals surface area contributed by atoms with Crippen molar-refractivity contribution in [2.75, 3.05) is 18.4 Å². The maximum Gasteiger partial charge on any atom is 0.267 e. The number of aromatic nitrogens is 2. The molecular weight excluding hydrogens is 500 g/mol. The SMILES string of the molecule is CC(C)(Oc1ccc2ccccc2c1)C(=O)Nc1ccc(C2CCN(C(=O)c3ccc4cncn4c3)CC2)cc1. The highest BCUT2D eigenvalue weighted by atomic mass is 16.5. The van der Waals surface area contributed by atoms with Crippen molar-refractivity contribution in [1.29, 1.82) is 0 Å². The Kier molecular flexibility index (Phi) is 6.72. The highest BCUT2D eigenvalue weighted by molar-refractivity contribution is 5.97. The van der Waals surface area contributed by atoms with Crippen LogP contribution in [0.3, 0.4) is 0 Å². The average Bonchev–Trinajstić information content (AvgIpc) is 3.45. The van der Waals surface area contributed by atoms with E-state index in [1.807, 2.05) is 82.2 Å². The minimum absolute atomic E-state index is 0.0561. The van der Waals surface area contributed by atoms with E-state index in [0.29, 0.717) is 30.3 Å². The molecule has 202 valence electrons. The summed E-state index contributed by atoms with van der Waals surface area (Å²) in [4.78, 5) is 32.2. The average molecular weight is 533 g/mol. The predicted molar refractivity (Wildman–Crippen MR) is 157 cm³/mol. The van der Waals surface area contributed by atoms with Crippen molar-refractivity contribution in [3.8, 4) is 5.75 Å². The summed E-state index contributed by atoms with van der Waals surface area (Å²) in [5.41, 5.74) is 2.54. The van der Waals surface area contributed by atoms with Crippen LogP contribution in [0.2, 0.25) is 0 Å². The molecule has 0 unspecified atom stereocenters. The van der Waals surface area contributed by atoms with Gasteiger partial charge in [-0.2, -0.15) is 0 Å². The Morgan fingerprint density at radius 3 is 2.45 bits per heavy atom. The van der Waals surface area contributed by atoms with Crippen LogP contribution >= 0.6 is 0 Å². The van der Waals surface area contributed by atoms with Crippen molar-refractivity contribution in [1.82, 2.24) is 14.3 Å². The van der Waals surface area contributed by atoms with Gasteiger partial charge in [-0.15, -0.1) is 0 Å². The molecule has 3 heterocycles. The van der Waals surface area contributed by atoms with Crippen LogP contribution in [0.5, 0.6) is 5.75 Å². The van der Waals surface area contributed by atoms with Gasteiger partial charge in [0, 0.05) is 25.0 Å². The van der Waals surface area contributed by atoms with E-state index in [-0.39, 0.29) is 11.8 Å². The highest BCUT2D eigenvalue weighted by Crippen LogP contribution is 2.30. The van der Waals surface area contributed by atoms with Gasteiger partial charge in [-0.3, -0.25) is 9.59 Å². The van der Waals surface area contributed by atoms with Gasteiger partial charge in [0.1, 0.15) is 5.75 Å². The van der Waals surface area contributed by atoms with E-state index in [4.69, 9.17) is 4.74 Å². The molecule has 7 heteroatoms. The second kappa shape index (κ2) is 10.5. The maximum absolute atomic E-state index is 13.1. The number of likely N-dealkylation sites (tertiary alicyclic amines) is 1. The second-order valence-electron chi connectivity index (χ2n) is 10.9. The Hall–Kier alpha value is -4.65. The first-order valence-electron chi connectivity index (χ1n) is 13.7. The molecule has 7 nitrogen and oxygen atoms in total. The van der Waals surface area contributed by atoms with Crippen LogP contribution < -0.4 is 10.1 Å².